The van der Waals surface area contributed by atoms with Gasteiger partial charge in [0.1, 0.15) is 0 Å². The lowest BCUT2D eigenvalue weighted by Gasteiger charge is -2.26. The topological polar surface area (TPSA) is 35.2 Å². The van der Waals surface area contributed by atoms with Crippen LogP contribution in [-0.4, -0.2) is 19.3 Å². The van der Waals surface area contributed by atoms with Gasteiger partial charge >= 0.3 is 0 Å². The zero-order chi connectivity index (χ0) is 12.1. The Balaban J connectivity index is 2.62. The Hall–Kier alpha value is -0.130. The molecule has 0 amide bonds. The van der Waals surface area contributed by atoms with Crippen LogP contribution in [0.2, 0.25) is 0 Å². The summed E-state index contributed by atoms with van der Waals surface area (Å²) in [7, 11) is 1.73. The van der Waals surface area contributed by atoms with Gasteiger partial charge in [0.15, 0.2) is 0 Å². The van der Waals surface area contributed by atoms with Crippen molar-refractivity contribution in [2.75, 3.05) is 7.11 Å². The Labute approximate surface area is 112 Å². The molecule has 2 nitrogen and oxygen atoms in total. The van der Waals surface area contributed by atoms with E-state index in [-0.39, 0.29) is 12.1 Å². The van der Waals surface area contributed by atoms with Crippen LogP contribution in [0.3, 0.4) is 0 Å². The molecule has 0 aliphatic rings. The highest BCUT2D eigenvalue weighted by atomic mass is 127. The van der Waals surface area contributed by atoms with Gasteiger partial charge in [0, 0.05) is 16.7 Å². The number of halogens is 1. The maximum atomic E-state index is 6.17. The molecule has 0 aromatic heterocycles. The summed E-state index contributed by atoms with van der Waals surface area (Å²) in [6.45, 7) is 4.28. The molecule has 0 saturated carbocycles. The molecule has 2 unspecified atom stereocenters. The van der Waals surface area contributed by atoms with Crippen molar-refractivity contribution in [3.05, 3.63) is 33.4 Å². The van der Waals surface area contributed by atoms with E-state index in [1.807, 2.05) is 0 Å². The van der Waals surface area contributed by atoms with Crippen molar-refractivity contribution in [1.29, 1.82) is 0 Å². The predicted molar refractivity (Wildman–Crippen MR) is 76.5 cm³/mol. The first-order valence-corrected chi connectivity index (χ1v) is 6.65. The average molecular weight is 333 g/mol. The van der Waals surface area contributed by atoms with Crippen LogP contribution < -0.4 is 5.73 Å². The van der Waals surface area contributed by atoms with E-state index in [4.69, 9.17) is 10.5 Å². The quantitative estimate of drug-likeness (QED) is 0.841. The summed E-state index contributed by atoms with van der Waals surface area (Å²) in [6.07, 6.45) is 0.993. The number of hydrogen-bond donors (Lipinski definition) is 1. The number of benzene rings is 1. The molecule has 0 fully saturated rings. The van der Waals surface area contributed by atoms with Gasteiger partial charge in [0.05, 0.1) is 6.10 Å². The third kappa shape index (κ3) is 4.03. The highest BCUT2D eigenvalue weighted by molar-refractivity contribution is 14.1. The molecule has 0 radical (unpaired) electrons. The largest absolute Gasteiger partial charge is 0.380 e. The molecule has 16 heavy (non-hydrogen) atoms. The second-order valence-electron chi connectivity index (χ2n) is 4.44. The monoisotopic (exact) mass is 333 g/mol. The van der Waals surface area contributed by atoms with E-state index in [0.29, 0.717) is 5.92 Å². The molecule has 1 aromatic rings. The molecule has 1 aromatic carbocycles. The number of rotatable bonds is 5. The van der Waals surface area contributed by atoms with E-state index >= 15 is 0 Å². The zero-order valence-electron chi connectivity index (χ0n) is 10.1. The molecule has 0 heterocycles. The zero-order valence-corrected chi connectivity index (χ0v) is 12.3. The second kappa shape index (κ2) is 6.57. The lowest BCUT2D eigenvalue weighted by Crippen LogP contribution is -2.41. The van der Waals surface area contributed by atoms with Crippen LogP contribution in [0.5, 0.6) is 0 Å². The van der Waals surface area contributed by atoms with Gasteiger partial charge in [0.2, 0.25) is 0 Å². The normalized spacial score (nSPS) is 15.1. The summed E-state index contributed by atoms with van der Waals surface area (Å²) in [5.74, 6) is 0.448. The fourth-order valence-electron chi connectivity index (χ4n) is 1.95. The number of ether oxygens (including phenoxy) is 1. The molecular formula is C13H20INO. The number of nitrogens with two attached hydrogens (primary N) is 1. The van der Waals surface area contributed by atoms with Crippen molar-refractivity contribution in [2.45, 2.75) is 32.4 Å². The highest BCUT2D eigenvalue weighted by Gasteiger charge is 2.20. The lowest BCUT2D eigenvalue weighted by atomic mass is 9.95. The number of hydrogen-bond acceptors (Lipinski definition) is 2. The van der Waals surface area contributed by atoms with Gasteiger partial charge in [-0.3, -0.25) is 0 Å². The smallest absolute Gasteiger partial charge is 0.0748 e. The van der Waals surface area contributed by atoms with Crippen molar-refractivity contribution in [3.8, 4) is 0 Å². The summed E-state index contributed by atoms with van der Waals surface area (Å²) in [6, 6.07) is 8.55. The first kappa shape index (κ1) is 13.9. The highest BCUT2D eigenvalue weighted by Crippen LogP contribution is 2.14. The molecule has 2 atom stereocenters. The third-order valence-electron chi connectivity index (χ3n) is 2.74. The van der Waals surface area contributed by atoms with E-state index < -0.39 is 0 Å². The Morgan fingerprint density at radius 1 is 1.25 bits per heavy atom. The van der Waals surface area contributed by atoms with Gasteiger partial charge in [-0.05, 0) is 52.6 Å². The Morgan fingerprint density at radius 2 is 1.81 bits per heavy atom. The van der Waals surface area contributed by atoms with Crippen molar-refractivity contribution in [1.82, 2.24) is 0 Å². The summed E-state index contributed by atoms with van der Waals surface area (Å²) < 4.78 is 6.69. The van der Waals surface area contributed by atoms with Crippen LogP contribution >= 0.6 is 22.6 Å². The lowest BCUT2D eigenvalue weighted by molar-refractivity contribution is 0.0441. The molecule has 1 rings (SSSR count). The third-order valence-corrected chi connectivity index (χ3v) is 3.46. The van der Waals surface area contributed by atoms with E-state index in [9.17, 15) is 0 Å². The maximum Gasteiger partial charge on any atom is 0.0748 e. The predicted octanol–water partition coefficient (Wildman–Crippen LogP) is 2.83. The summed E-state index contributed by atoms with van der Waals surface area (Å²) in [4.78, 5) is 0. The Bertz CT molecular complexity index is 310. The van der Waals surface area contributed by atoms with Crippen LogP contribution in [0.25, 0.3) is 0 Å². The summed E-state index contributed by atoms with van der Waals surface area (Å²) in [5, 5.41) is 0. The minimum atomic E-state index is 0.0602. The van der Waals surface area contributed by atoms with Crippen LogP contribution in [-0.2, 0) is 11.2 Å². The van der Waals surface area contributed by atoms with Crippen LogP contribution in [0, 0.1) is 9.49 Å². The fourth-order valence-corrected chi connectivity index (χ4v) is 2.31. The molecular weight excluding hydrogens is 313 g/mol. The van der Waals surface area contributed by atoms with Gasteiger partial charge in [-0.15, -0.1) is 0 Å². The van der Waals surface area contributed by atoms with Gasteiger partial charge in [-0.1, -0.05) is 26.0 Å². The van der Waals surface area contributed by atoms with Gasteiger partial charge in [-0.25, -0.2) is 0 Å². The second-order valence-corrected chi connectivity index (χ2v) is 5.68. The number of methoxy groups -OCH3 is 1. The SMILES string of the molecule is COC(C(C)C)C(N)Cc1ccc(I)cc1. The molecule has 2 N–H and O–H groups in total. The maximum absolute atomic E-state index is 6.17. The average Bonchev–Trinajstić information content (AvgIpc) is 2.22. The van der Waals surface area contributed by atoms with Crippen molar-refractivity contribution in [2.24, 2.45) is 11.7 Å². The first-order valence-electron chi connectivity index (χ1n) is 5.57. The molecule has 0 spiro atoms. The molecule has 0 saturated heterocycles. The molecule has 0 aliphatic heterocycles. The van der Waals surface area contributed by atoms with Gasteiger partial charge < -0.3 is 10.5 Å². The van der Waals surface area contributed by atoms with Crippen molar-refractivity contribution in [3.63, 3.8) is 0 Å². The summed E-state index contributed by atoms with van der Waals surface area (Å²) in [5.41, 5.74) is 7.45. The molecule has 3 heteroatoms. The van der Waals surface area contributed by atoms with Crippen LogP contribution in [0.4, 0.5) is 0 Å². The first-order chi connectivity index (χ1) is 7.54. The van der Waals surface area contributed by atoms with Crippen LogP contribution in [0.15, 0.2) is 24.3 Å². The van der Waals surface area contributed by atoms with Gasteiger partial charge in [0.25, 0.3) is 0 Å². The van der Waals surface area contributed by atoms with Gasteiger partial charge in [-0.2, -0.15) is 0 Å². The van der Waals surface area contributed by atoms with Crippen molar-refractivity contribution < 1.29 is 4.74 Å². The Kier molecular flexibility index (Phi) is 5.72. The van der Waals surface area contributed by atoms with E-state index in [1.54, 1.807) is 7.11 Å². The van der Waals surface area contributed by atoms with E-state index in [2.05, 4.69) is 60.7 Å². The van der Waals surface area contributed by atoms with Crippen LogP contribution in [0.1, 0.15) is 19.4 Å². The van der Waals surface area contributed by atoms with E-state index in [0.717, 1.165) is 6.42 Å². The summed E-state index contributed by atoms with van der Waals surface area (Å²) >= 11 is 2.31. The molecule has 90 valence electrons. The Morgan fingerprint density at radius 3 is 2.25 bits per heavy atom. The molecule has 0 aliphatic carbocycles. The van der Waals surface area contributed by atoms with E-state index in [1.165, 1.54) is 9.13 Å². The minimum absolute atomic E-state index is 0.0602. The van der Waals surface area contributed by atoms with Crippen molar-refractivity contribution >= 4 is 22.6 Å². The minimum Gasteiger partial charge on any atom is -0.380 e. The fraction of sp³-hybridized carbons (Fsp3) is 0.538. The molecule has 0 bridgehead atoms. The standard InChI is InChI=1S/C13H20INO/c1-9(2)13(16-3)12(15)8-10-4-6-11(14)7-5-10/h4-7,9,12-13H,8,15H2,1-3H3.